The number of carbonyl (C=O) groups excluding carboxylic acids is 1. The van der Waals surface area contributed by atoms with Crippen LogP contribution in [0.5, 0.6) is 11.5 Å². The van der Waals surface area contributed by atoms with Crippen LogP contribution in [0.2, 0.25) is 0 Å². The van der Waals surface area contributed by atoms with Crippen LogP contribution < -0.4 is 14.9 Å². The first-order valence-electron chi connectivity index (χ1n) is 7.36. The summed E-state index contributed by atoms with van der Waals surface area (Å²) in [5, 5.41) is 2.82. The van der Waals surface area contributed by atoms with Gasteiger partial charge in [0.25, 0.3) is 5.91 Å². The topological polar surface area (TPSA) is 60.3 Å². The Morgan fingerprint density at radius 3 is 2.42 bits per heavy atom. The molecule has 6 heteroatoms. The molecule has 5 nitrogen and oxygen atoms in total. The average Bonchev–Trinajstić information content (AvgIpc) is 2.85. The zero-order valence-electron chi connectivity index (χ0n) is 13.3. The van der Waals surface area contributed by atoms with E-state index in [1.54, 1.807) is 26.1 Å². The van der Waals surface area contributed by atoms with E-state index in [4.69, 9.17) is 4.74 Å². The van der Waals surface area contributed by atoms with Gasteiger partial charge >= 0.3 is 4.87 Å². The SMILES string of the molecule is Cc1c(C(=O)Nc2ccccc2Oc2ccccc2)sc(=O)n1C. The third kappa shape index (κ3) is 3.23. The number of nitrogens with one attached hydrogen (secondary N) is 1. The molecular weight excluding hydrogens is 324 g/mol. The van der Waals surface area contributed by atoms with E-state index < -0.39 is 0 Å². The van der Waals surface area contributed by atoms with Crippen molar-refractivity contribution in [2.75, 3.05) is 5.32 Å². The predicted octanol–water partition coefficient (Wildman–Crippen LogP) is 3.80. The molecular formula is C18H16N2O3S. The molecule has 1 heterocycles. The Morgan fingerprint density at radius 1 is 1.08 bits per heavy atom. The number of anilines is 1. The summed E-state index contributed by atoms with van der Waals surface area (Å²) in [7, 11) is 1.65. The van der Waals surface area contributed by atoms with Crippen molar-refractivity contribution >= 4 is 22.9 Å². The van der Waals surface area contributed by atoms with E-state index in [0.29, 0.717) is 27.8 Å². The Hall–Kier alpha value is -2.86. The summed E-state index contributed by atoms with van der Waals surface area (Å²) >= 11 is 0.933. The standard InChI is InChI=1S/C18H16N2O3S/c1-12-16(24-18(22)20(12)2)17(21)19-14-10-6-7-11-15(14)23-13-8-4-3-5-9-13/h3-11H,1-2H3,(H,19,21). The molecule has 1 aromatic heterocycles. The maximum absolute atomic E-state index is 12.5. The van der Waals surface area contributed by atoms with Crippen molar-refractivity contribution in [2.24, 2.45) is 7.05 Å². The lowest BCUT2D eigenvalue weighted by Gasteiger charge is -2.12. The fourth-order valence-corrected chi connectivity index (χ4v) is 3.06. The average molecular weight is 340 g/mol. The molecule has 2 aromatic carbocycles. The molecule has 122 valence electrons. The van der Waals surface area contributed by atoms with Crippen molar-refractivity contribution in [3.8, 4) is 11.5 Å². The van der Waals surface area contributed by atoms with Crippen molar-refractivity contribution in [2.45, 2.75) is 6.92 Å². The Balaban J connectivity index is 1.86. The molecule has 0 atom stereocenters. The molecule has 0 saturated carbocycles. The van der Waals surface area contributed by atoms with Gasteiger partial charge in [-0.05, 0) is 31.2 Å². The van der Waals surface area contributed by atoms with E-state index in [1.807, 2.05) is 42.5 Å². The summed E-state index contributed by atoms with van der Waals surface area (Å²) in [6.45, 7) is 1.75. The molecule has 3 rings (SSSR count). The van der Waals surface area contributed by atoms with Crippen LogP contribution in [0.1, 0.15) is 15.4 Å². The van der Waals surface area contributed by atoms with Crippen LogP contribution in [0.3, 0.4) is 0 Å². The van der Waals surface area contributed by atoms with E-state index in [-0.39, 0.29) is 10.8 Å². The van der Waals surface area contributed by atoms with Crippen LogP contribution in [0.15, 0.2) is 59.4 Å². The maximum Gasteiger partial charge on any atom is 0.307 e. The van der Waals surface area contributed by atoms with Gasteiger partial charge in [0, 0.05) is 12.7 Å². The summed E-state index contributed by atoms with van der Waals surface area (Å²) in [4.78, 5) is 24.4. The fraction of sp³-hybridized carbons (Fsp3) is 0.111. The number of nitrogens with zero attached hydrogens (tertiary/aromatic N) is 1. The number of hydrogen-bond donors (Lipinski definition) is 1. The minimum Gasteiger partial charge on any atom is -0.455 e. The number of aromatic nitrogens is 1. The molecule has 0 aliphatic carbocycles. The fourth-order valence-electron chi connectivity index (χ4n) is 2.18. The Kier molecular flexibility index (Phi) is 4.48. The third-order valence-corrected chi connectivity index (χ3v) is 4.74. The van der Waals surface area contributed by atoms with Gasteiger partial charge in [-0.3, -0.25) is 9.59 Å². The number of amides is 1. The number of para-hydroxylation sites is 3. The molecule has 24 heavy (non-hydrogen) atoms. The number of carbonyl (C=O) groups is 1. The van der Waals surface area contributed by atoms with Gasteiger partial charge < -0.3 is 14.6 Å². The first kappa shape index (κ1) is 16.0. The number of benzene rings is 2. The van der Waals surface area contributed by atoms with Gasteiger partial charge in [0.2, 0.25) is 0 Å². The molecule has 0 spiro atoms. The highest BCUT2D eigenvalue weighted by Crippen LogP contribution is 2.29. The van der Waals surface area contributed by atoms with Crippen LogP contribution in [0.4, 0.5) is 5.69 Å². The highest BCUT2D eigenvalue weighted by atomic mass is 32.1. The third-order valence-electron chi connectivity index (χ3n) is 3.61. The number of rotatable bonds is 4. The van der Waals surface area contributed by atoms with Gasteiger partial charge in [0.05, 0.1) is 5.69 Å². The van der Waals surface area contributed by atoms with Crippen molar-refractivity contribution in [1.82, 2.24) is 4.57 Å². The minimum atomic E-state index is -0.320. The predicted molar refractivity (Wildman–Crippen MR) is 95.2 cm³/mol. The Morgan fingerprint density at radius 2 is 1.75 bits per heavy atom. The van der Waals surface area contributed by atoms with Gasteiger partial charge in [-0.25, -0.2) is 0 Å². The van der Waals surface area contributed by atoms with E-state index in [2.05, 4.69) is 5.32 Å². The first-order valence-corrected chi connectivity index (χ1v) is 8.17. The summed E-state index contributed by atoms with van der Waals surface area (Å²) in [6.07, 6.45) is 0. The van der Waals surface area contributed by atoms with E-state index >= 15 is 0 Å². The molecule has 0 aliphatic heterocycles. The molecule has 0 unspecified atom stereocenters. The monoisotopic (exact) mass is 340 g/mol. The van der Waals surface area contributed by atoms with Crippen LogP contribution >= 0.6 is 11.3 Å². The van der Waals surface area contributed by atoms with Crippen molar-refractivity contribution in [3.05, 3.63) is 74.8 Å². The summed E-state index contributed by atoms with van der Waals surface area (Å²) in [6, 6.07) is 16.5. The zero-order valence-corrected chi connectivity index (χ0v) is 14.1. The van der Waals surface area contributed by atoms with Gasteiger partial charge in [0.15, 0.2) is 5.75 Å². The molecule has 0 bridgehead atoms. The van der Waals surface area contributed by atoms with Crippen LogP contribution in [0.25, 0.3) is 0 Å². The highest BCUT2D eigenvalue weighted by molar-refractivity contribution is 7.11. The molecule has 0 saturated heterocycles. The van der Waals surface area contributed by atoms with Gasteiger partial charge in [-0.1, -0.05) is 41.7 Å². The normalized spacial score (nSPS) is 10.4. The Labute approximate surface area is 143 Å². The first-order chi connectivity index (χ1) is 11.6. The van der Waals surface area contributed by atoms with Crippen LogP contribution in [-0.4, -0.2) is 10.5 Å². The highest BCUT2D eigenvalue weighted by Gasteiger charge is 2.17. The lowest BCUT2D eigenvalue weighted by Crippen LogP contribution is -2.13. The summed E-state index contributed by atoms with van der Waals surface area (Å²) in [5.41, 5.74) is 1.19. The zero-order chi connectivity index (χ0) is 17.1. The molecule has 0 aliphatic rings. The second-order valence-corrected chi connectivity index (χ2v) is 6.17. The molecule has 1 amide bonds. The molecule has 1 N–H and O–H groups in total. The van der Waals surface area contributed by atoms with E-state index in [9.17, 15) is 9.59 Å². The number of thiazole rings is 1. The minimum absolute atomic E-state index is 0.161. The maximum atomic E-state index is 12.5. The van der Waals surface area contributed by atoms with Gasteiger partial charge in [0.1, 0.15) is 10.6 Å². The van der Waals surface area contributed by atoms with Crippen LogP contribution in [-0.2, 0) is 7.05 Å². The number of ether oxygens (including phenoxy) is 1. The summed E-state index contributed by atoms with van der Waals surface area (Å²) < 4.78 is 7.29. The lowest BCUT2D eigenvalue weighted by molar-refractivity contribution is 0.102. The molecule has 3 aromatic rings. The second-order valence-electron chi connectivity index (χ2n) is 5.21. The quantitative estimate of drug-likeness (QED) is 0.786. The molecule has 0 fully saturated rings. The lowest BCUT2D eigenvalue weighted by atomic mass is 10.2. The van der Waals surface area contributed by atoms with Crippen molar-refractivity contribution in [1.29, 1.82) is 0 Å². The smallest absolute Gasteiger partial charge is 0.307 e. The van der Waals surface area contributed by atoms with Gasteiger partial charge in [-0.2, -0.15) is 0 Å². The van der Waals surface area contributed by atoms with E-state index in [1.165, 1.54) is 4.57 Å². The molecule has 0 radical (unpaired) electrons. The second kappa shape index (κ2) is 6.72. The van der Waals surface area contributed by atoms with Crippen molar-refractivity contribution in [3.63, 3.8) is 0 Å². The van der Waals surface area contributed by atoms with E-state index in [0.717, 1.165) is 11.3 Å². The van der Waals surface area contributed by atoms with Gasteiger partial charge in [-0.15, -0.1) is 0 Å². The Bertz CT molecular complexity index is 929. The summed E-state index contributed by atoms with van der Waals surface area (Å²) in [5.74, 6) is 0.900. The largest absolute Gasteiger partial charge is 0.455 e. The van der Waals surface area contributed by atoms with Crippen LogP contribution in [0, 0.1) is 6.92 Å². The van der Waals surface area contributed by atoms with Crippen molar-refractivity contribution < 1.29 is 9.53 Å². The number of hydrogen-bond acceptors (Lipinski definition) is 4.